The van der Waals surface area contributed by atoms with E-state index < -0.39 is 5.91 Å². The number of ketones is 1. The molecule has 7 nitrogen and oxygen atoms in total. The molecule has 4 heterocycles. The Bertz CT molecular complexity index is 1240. The molecule has 4 aromatic rings. The highest BCUT2D eigenvalue weighted by Crippen LogP contribution is 2.20. The molecule has 0 saturated heterocycles. The minimum Gasteiger partial charge on any atom is -0.467 e. The molecule has 0 atom stereocenters. The Kier molecular flexibility index (Phi) is 6.90. The van der Waals surface area contributed by atoms with Gasteiger partial charge in [0.25, 0.3) is 5.91 Å². The van der Waals surface area contributed by atoms with Gasteiger partial charge in [-0.1, -0.05) is 6.07 Å². The zero-order valence-electron chi connectivity index (χ0n) is 18.0. The summed E-state index contributed by atoms with van der Waals surface area (Å²) in [5, 5.41) is 5.79. The van der Waals surface area contributed by atoms with Crippen molar-refractivity contribution in [2.75, 3.05) is 6.54 Å². The molecule has 0 aliphatic heterocycles. The van der Waals surface area contributed by atoms with E-state index in [1.807, 2.05) is 34.3 Å². The third kappa shape index (κ3) is 5.32. The fourth-order valence-corrected chi connectivity index (χ4v) is 5.03. The number of hydrogen-bond acceptors (Lipinski definition) is 6. The number of primary amides is 1. The minimum absolute atomic E-state index is 0.110. The summed E-state index contributed by atoms with van der Waals surface area (Å²) < 4.78 is 7.15. The van der Waals surface area contributed by atoms with Gasteiger partial charge in [0, 0.05) is 10.6 Å². The Morgan fingerprint density at radius 1 is 1.15 bits per heavy atom. The van der Waals surface area contributed by atoms with Crippen molar-refractivity contribution in [3.8, 4) is 0 Å². The van der Waals surface area contributed by atoms with Gasteiger partial charge in [0.15, 0.2) is 5.78 Å². The van der Waals surface area contributed by atoms with Crippen LogP contribution in [-0.2, 0) is 24.3 Å². The Hall–Kier alpha value is -3.43. The first-order chi connectivity index (χ1) is 15.9. The van der Waals surface area contributed by atoms with E-state index in [1.165, 1.54) is 28.7 Å². The molecular weight excluding hydrogens is 458 g/mol. The minimum atomic E-state index is -0.608. The van der Waals surface area contributed by atoms with Crippen LogP contribution < -0.4 is 5.73 Å². The number of rotatable bonds is 10. The lowest BCUT2D eigenvalue weighted by Crippen LogP contribution is -2.36. The molecular formula is C24H23N3O4S2. The summed E-state index contributed by atoms with van der Waals surface area (Å²) in [4.78, 5) is 41.0. The largest absolute Gasteiger partial charge is 0.467 e. The first-order valence-corrected chi connectivity index (χ1v) is 12.1. The summed E-state index contributed by atoms with van der Waals surface area (Å²) in [5.41, 5.74) is 7.63. The third-order valence-electron chi connectivity index (χ3n) is 5.36. The van der Waals surface area contributed by atoms with Gasteiger partial charge in [-0.25, -0.2) is 0 Å². The fourth-order valence-electron chi connectivity index (χ4n) is 3.64. The lowest BCUT2D eigenvalue weighted by Gasteiger charge is -2.22. The van der Waals surface area contributed by atoms with Crippen LogP contribution in [0.3, 0.4) is 0 Å². The van der Waals surface area contributed by atoms with Crippen LogP contribution in [0.5, 0.6) is 0 Å². The van der Waals surface area contributed by atoms with Crippen molar-refractivity contribution in [3.63, 3.8) is 0 Å². The second-order valence-corrected chi connectivity index (χ2v) is 9.43. The van der Waals surface area contributed by atoms with Gasteiger partial charge in [0.1, 0.15) is 5.76 Å². The van der Waals surface area contributed by atoms with Gasteiger partial charge in [0.2, 0.25) is 5.91 Å². The second kappa shape index (κ2) is 10.0. The average Bonchev–Trinajstić information content (AvgIpc) is 3.57. The van der Waals surface area contributed by atoms with Crippen molar-refractivity contribution in [1.82, 2.24) is 9.47 Å². The summed E-state index contributed by atoms with van der Waals surface area (Å²) in [5.74, 6) is -0.370. The molecule has 0 aliphatic carbocycles. The van der Waals surface area contributed by atoms with Crippen LogP contribution in [0.2, 0.25) is 0 Å². The number of Topliss-reactive ketones (excluding diaryl/α,β-unsaturated/α-hetero) is 1. The molecule has 0 aromatic carbocycles. The van der Waals surface area contributed by atoms with Crippen molar-refractivity contribution < 1.29 is 18.8 Å². The van der Waals surface area contributed by atoms with E-state index in [-0.39, 0.29) is 36.8 Å². The van der Waals surface area contributed by atoms with Crippen LogP contribution in [0.15, 0.2) is 63.2 Å². The summed E-state index contributed by atoms with van der Waals surface area (Å²) in [6.45, 7) is 2.25. The number of nitrogens with zero attached hydrogens (tertiary/aromatic N) is 2. The number of nitrogens with two attached hydrogens (primary N) is 1. The molecule has 4 rings (SSSR count). The van der Waals surface area contributed by atoms with E-state index in [2.05, 4.69) is 0 Å². The SMILES string of the molecule is Cc1c(C(N)=O)cc(C(=O)CN(Cc2cccs2)C(=O)Cc2ccsc2)n1Cc1ccco1. The second-order valence-electron chi connectivity index (χ2n) is 7.62. The van der Waals surface area contributed by atoms with E-state index in [1.54, 1.807) is 34.8 Å². The molecule has 0 unspecified atom stereocenters. The molecule has 170 valence electrons. The standard InChI is InChI=1S/C24H23N3O4S2/c1-16-20(24(25)30)11-21(27(16)12-18-4-2-7-31-18)22(28)14-26(13-19-5-3-8-33-19)23(29)10-17-6-9-32-15-17/h2-9,11,15H,10,12-14H2,1H3,(H2,25,30). The zero-order chi connectivity index (χ0) is 23.4. The first-order valence-electron chi connectivity index (χ1n) is 10.3. The third-order valence-corrected chi connectivity index (χ3v) is 6.95. The molecule has 0 bridgehead atoms. The Balaban J connectivity index is 1.62. The van der Waals surface area contributed by atoms with E-state index in [4.69, 9.17) is 10.2 Å². The van der Waals surface area contributed by atoms with E-state index >= 15 is 0 Å². The highest BCUT2D eigenvalue weighted by atomic mass is 32.1. The number of carbonyl (C=O) groups is 3. The molecule has 0 radical (unpaired) electrons. The molecule has 0 fully saturated rings. The number of furan rings is 1. The smallest absolute Gasteiger partial charge is 0.250 e. The Morgan fingerprint density at radius 2 is 2.00 bits per heavy atom. The van der Waals surface area contributed by atoms with Gasteiger partial charge in [0.05, 0.1) is 43.6 Å². The molecule has 0 spiro atoms. The van der Waals surface area contributed by atoms with Crippen LogP contribution in [-0.4, -0.2) is 33.6 Å². The normalized spacial score (nSPS) is 10.9. The van der Waals surface area contributed by atoms with Gasteiger partial charge in [-0.3, -0.25) is 14.4 Å². The molecule has 0 saturated carbocycles. The van der Waals surface area contributed by atoms with Crippen LogP contribution in [0, 0.1) is 6.92 Å². The Labute approximate surface area is 199 Å². The maximum absolute atomic E-state index is 13.4. The van der Waals surface area contributed by atoms with Gasteiger partial charge in [-0.2, -0.15) is 11.3 Å². The number of aromatic nitrogens is 1. The summed E-state index contributed by atoms with van der Waals surface area (Å²) in [6.07, 6.45) is 1.78. The molecule has 2 N–H and O–H groups in total. The quantitative estimate of drug-likeness (QED) is 0.345. The maximum atomic E-state index is 13.4. The van der Waals surface area contributed by atoms with Crippen molar-refractivity contribution >= 4 is 40.3 Å². The van der Waals surface area contributed by atoms with E-state index in [0.717, 1.165) is 10.4 Å². The predicted molar refractivity (Wildman–Crippen MR) is 128 cm³/mol. The number of thiophene rings is 2. The summed E-state index contributed by atoms with van der Waals surface area (Å²) in [6, 6.07) is 10.8. The van der Waals surface area contributed by atoms with Crippen LogP contribution >= 0.6 is 22.7 Å². The van der Waals surface area contributed by atoms with Crippen LogP contribution in [0.1, 0.15) is 42.7 Å². The monoisotopic (exact) mass is 481 g/mol. The van der Waals surface area contributed by atoms with Gasteiger partial charge < -0.3 is 19.6 Å². The van der Waals surface area contributed by atoms with Crippen molar-refractivity contribution in [2.45, 2.75) is 26.4 Å². The van der Waals surface area contributed by atoms with E-state index in [0.29, 0.717) is 23.7 Å². The lowest BCUT2D eigenvalue weighted by atomic mass is 10.2. The zero-order valence-corrected chi connectivity index (χ0v) is 19.7. The van der Waals surface area contributed by atoms with Crippen LogP contribution in [0.4, 0.5) is 0 Å². The highest BCUT2D eigenvalue weighted by molar-refractivity contribution is 7.09. The molecule has 0 aliphatic rings. The molecule has 2 amide bonds. The predicted octanol–water partition coefficient (Wildman–Crippen LogP) is 4.11. The summed E-state index contributed by atoms with van der Waals surface area (Å²) >= 11 is 3.06. The molecule has 4 aromatic heterocycles. The van der Waals surface area contributed by atoms with Crippen molar-refractivity contribution in [2.24, 2.45) is 5.73 Å². The van der Waals surface area contributed by atoms with E-state index in [9.17, 15) is 14.4 Å². The van der Waals surface area contributed by atoms with Gasteiger partial charge in [-0.15, -0.1) is 11.3 Å². The molecule has 33 heavy (non-hydrogen) atoms. The average molecular weight is 482 g/mol. The number of hydrogen-bond donors (Lipinski definition) is 1. The Morgan fingerprint density at radius 3 is 2.64 bits per heavy atom. The van der Waals surface area contributed by atoms with Crippen LogP contribution in [0.25, 0.3) is 0 Å². The van der Waals surface area contributed by atoms with Gasteiger partial charge >= 0.3 is 0 Å². The van der Waals surface area contributed by atoms with Crippen molar-refractivity contribution in [1.29, 1.82) is 0 Å². The van der Waals surface area contributed by atoms with Crippen molar-refractivity contribution in [3.05, 3.63) is 92.0 Å². The number of amides is 2. The maximum Gasteiger partial charge on any atom is 0.250 e. The first kappa shape index (κ1) is 22.8. The molecule has 9 heteroatoms. The summed E-state index contributed by atoms with van der Waals surface area (Å²) in [7, 11) is 0. The highest BCUT2D eigenvalue weighted by Gasteiger charge is 2.25. The topological polar surface area (TPSA) is 98.5 Å². The fraction of sp³-hybridized carbons (Fsp3) is 0.208. The lowest BCUT2D eigenvalue weighted by molar-refractivity contribution is -0.130. The van der Waals surface area contributed by atoms with Gasteiger partial charge in [-0.05, 0) is 59.0 Å². The number of carbonyl (C=O) groups excluding carboxylic acids is 3.